The van der Waals surface area contributed by atoms with E-state index >= 15 is 0 Å². The summed E-state index contributed by atoms with van der Waals surface area (Å²) in [5.74, 6) is -2.75. The number of rotatable bonds is 3. The van der Waals surface area contributed by atoms with Crippen molar-refractivity contribution in [2.75, 3.05) is 20.2 Å². The molecule has 1 aromatic rings. The van der Waals surface area contributed by atoms with Crippen LogP contribution in [0.4, 0.5) is 8.78 Å². The van der Waals surface area contributed by atoms with Crippen molar-refractivity contribution in [1.82, 2.24) is 10.6 Å². The van der Waals surface area contributed by atoms with E-state index in [-0.39, 0.29) is 22.7 Å². The second kappa shape index (κ2) is 5.81. The Hall–Kier alpha value is -1.24. The van der Waals surface area contributed by atoms with Gasteiger partial charge in [-0.3, -0.25) is 4.79 Å². The molecule has 0 aliphatic carbocycles. The number of carbonyl (C=O) groups excluding carboxylic acids is 1. The Bertz CT molecular complexity index is 499. The first kappa shape index (κ1) is 14.2. The number of halogens is 3. The van der Waals surface area contributed by atoms with Crippen molar-refractivity contribution < 1.29 is 18.3 Å². The Labute approximate surface area is 114 Å². The van der Waals surface area contributed by atoms with Crippen molar-refractivity contribution in [2.24, 2.45) is 0 Å². The molecule has 0 radical (unpaired) electrons. The molecule has 0 aromatic heterocycles. The van der Waals surface area contributed by atoms with Crippen molar-refractivity contribution in [3.05, 3.63) is 34.4 Å². The van der Waals surface area contributed by atoms with E-state index in [1.54, 1.807) is 7.11 Å². The zero-order valence-electron chi connectivity index (χ0n) is 10.2. The van der Waals surface area contributed by atoms with Crippen molar-refractivity contribution in [3.8, 4) is 0 Å². The quantitative estimate of drug-likeness (QED) is 0.826. The first-order valence-corrected chi connectivity index (χ1v) is 6.09. The summed E-state index contributed by atoms with van der Waals surface area (Å²) in [6.07, 6.45) is -0.159. The SMILES string of the molecule is CO[C@H]1CNCC1NC(=O)c1cc(F)c(F)cc1Cl. The first-order valence-electron chi connectivity index (χ1n) is 5.72. The van der Waals surface area contributed by atoms with E-state index in [0.29, 0.717) is 13.1 Å². The third kappa shape index (κ3) is 3.02. The van der Waals surface area contributed by atoms with Crippen LogP contribution in [-0.4, -0.2) is 38.3 Å². The van der Waals surface area contributed by atoms with Gasteiger partial charge in [-0.05, 0) is 12.1 Å². The molecule has 1 amide bonds. The largest absolute Gasteiger partial charge is 0.378 e. The Morgan fingerprint density at radius 1 is 1.42 bits per heavy atom. The van der Waals surface area contributed by atoms with Gasteiger partial charge in [0.15, 0.2) is 11.6 Å². The minimum absolute atomic E-state index is 0.0951. The summed E-state index contributed by atoms with van der Waals surface area (Å²) < 4.78 is 31.2. The van der Waals surface area contributed by atoms with Gasteiger partial charge in [0.25, 0.3) is 5.91 Å². The molecule has 1 aromatic carbocycles. The predicted octanol–water partition coefficient (Wildman–Crippen LogP) is 1.33. The van der Waals surface area contributed by atoms with Crippen LogP contribution >= 0.6 is 11.6 Å². The Morgan fingerprint density at radius 2 is 2.11 bits per heavy atom. The van der Waals surface area contributed by atoms with E-state index in [4.69, 9.17) is 16.3 Å². The van der Waals surface area contributed by atoms with E-state index in [0.717, 1.165) is 12.1 Å². The Balaban J connectivity index is 2.14. The van der Waals surface area contributed by atoms with Crippen LogP contribution in [0.5, 0.6) is 0 Å². The molecule has 7 heteroatoms. The monoisotopic (exact) mass is 290 g/mol. The highest BCUT2D eigenvalue weighted by molar-refractivity contribution is 6.33. The average Bonchev–Trinajstić information content (AvgIpc) is 2.80. The van der Waals surface area contributed by atoms with Gasteiger partial charge in [-0.15, -0.1) is 0 Å². The van der Waals surface area contributed by atoms with Gasteiger partial charge in [0, 0.05) is 20.2 Å². The van der Waals surface area contributed by atoms with Gasteiger partial charge in [-0.25, -0.2) is 8.78 Å². The van der Waals surface area contributed by atoms with E-state index in [1.165, 1.54) is 0 Å². The molecule has 1 saturated heterocycles. The predicted molar refractivity (Wildman–Crippen MR) is 66.3 cm³/mol. The van der Waals surface area contributed by atoms with E-state index < -0.39 is 17.5 Å². The summed E-state index contributed by atoms with van der Waals surface area (Å²) >= 11 is 5.74. The van der Waals surface area contributed by atoms with Crippen LogP contribution in [0.2, 0.25) is 5.02 Å². The van der Waals surface area contributed by atoms with Crippen LogP contribution in [0.15, 0.2) is 12.1 Å². The summed E-state index contributed by atoms with van der Waals surface area (Å²) in [6.45, 7) is 1.17. The van der Waals surface area contributed by atoms with Crippen molar-refractivity contribution in [2.45, 2.75) is 12.1 Å². The summed E-state index contributed by atoms with van der Waals surface area (Å²) in [6, 6.07) is 1.34. The van der Waals surface area contributed by atoms with Crippen LogP contribution in [0, 0.1) is 11.6 Å². The number of nitrogens with one attached hydrogen (secondary N) is 2. The van der Waals surface area contributed by atoms with Gasteiger partial charge in [-0.2, -0.15) is 0 Å². The summed E-state index contributed by atoms with van der Waals surface area (Å²) in [7, 11) is 1.54. The van der Waals surface area contributed by atoms with Crippen LogP contribution < -0.4 is 10.6 Å². The molecule has 0 bridgehead atoms. The van der Waals surface area contributed by atoms with Crippen LogP contribution in [0.25, 0.3) is 0 Å². The van der Waals surface area contributed by atoms with E-state index in [9.17, 15) is 13.6 Å². The highest BCUT2D eigenvalue weighted by Crippen LogP contribution is 2.20. The Morgan fingerprint density at radius 3 is 2.79 bits per heavy atom. The normalized spacial score (nSPS) is 22.5. The molecule has 1 fully saturated rings. The number of hydrogen-bond acceptors (Lipinski definition) is 3. The summed E-state index contributed by atoms with van der Waals surface area (Å²) in [5.41, 5.74) is -0.0951. The molecule has 2 N–H and O–H groups in total. The standard InChI is InChI=1S/C12H13ClF2N2O2/c1-19-11-5-16-4-10(11)17-12(18)6-2-8(14)9(15)3-7(6)13/h2-3,10-11,16H,4-5H2,1H3,(H,17,18)/t10?,11-/m0/s1. The van der Waals surface area contributed by atoms with Crippen LogP contribution in [-0.2, 0) is 4.74 Å². The molecule has 0 spiro atoms. The topological polar surface area (TPSA) is 50.4 Å². The number of methoxy groups -OCH3 is 1. The maximum atomic E-state index is 13.1. The van der Waals surface area contributed by atoms with Crippen molar-refractivity contribution in [1.29, 1.82) is 0 Å². The Kier molecular flexibility index (Phi) is 4.34. The molecule has 1 aliphatic rings. The third-order valence-electron chi connectivity index (χ3n) is 3.03. The smallest absolute Gasteiger partial charge is 0.253 e. The number of ether oxygens (including phenoxy) is 1. The number of carbonyl (C=O) groups is 1. The van der Waals surface area contributed by atoms with Crippen molar-refractivity contribution in [3.63, 3.8) is 0 Å². The van der Waals surface area contributed by atoms with Crippen LogP contribution in [0.3, 0.4) is 0 Å². The molecular formula is C12H13ClF2N2O2. The average molecular weight is 291 g/mol. The molecule has 104 valence electrons. The minimum Gasteiger partial charge on any atom is -0.378 e. The zero-order valence-corrected chi connectivity index (χ0v) is 10.9. The molecule has 1 heterocycles. The first-order chi connectivity index (χ1) is 9.02. The minimum atomic E-state index is -1.11. The van der Waals surface area contributed by atoms with Gasteiger partial charge in [0.2, 0.25) is 0 Å². The highest BCUT2D eigenvalue weighted by atomic mass is 35.5. The highest BCUT2D eigenvalue weighted by Gasteiger charge is 2.29. The summed E-state index contributed by atoms with van der Waals surface area (Å²) in [5, 5.41) is 5.61. The maximum absolute atomic E-state index is 13.1. The lowest BCUT2D eigenvalue weighted by Crippen LogP contribution is -2.43. The second-order valence-corrected chi connectivity index (χ2v) is 4.67. The maximum Gasteiger partial charge on any atom is 0.253 e. The molecular weight excluding hydrogens is 278 g/mol. The molecule has 1 unspecified atom stereocenters. The lowest BCUT2D eigenvalue weighted by atomic mass is 10.1. The number of amides is 1. The molecule has 19 heavy (non-hydrogen) atoms. The van der Waals surface area contributed by atoms with Gasteiger partial charge in [0.05, 0.1) is 22.7 Å². The fourth-order valence-electron chi connectivity index (χ4n) is 1.99. The number of benzene rings is 1. The van der Waals surface area contributed by atoms with E-state index in [2.05, 4.69) is 10.6 Å². The lowest BCUT2D eigenvalue weighted by molar-refractivity contribution is 0.0779. The fraction of sp³-hybridized carbons (Fsp3) is 0.417. The third-order valence-corrected chi connectivity index (χ3v) is 3.35. The lowest BCUT2D eigenvalue weighted by Gasteiger charge is -2.18. The van der Waals surface area contributed by atoms with Crippen LogP contribution in [0.1, 0.15) is 10.4 Å². The molecule has 4 nitrogen and oxygen atoms in total. The molecule has 1 aliphatic heterocycles. The van der Waals surface area contributed by atoms with Gasteiger partial charge >= 0.3 is 0 Å². The molecule has 2 rings (SSSR count). The molecule has 0 saturated carbocycles. The number of hydrogen-bond donors (Lipinski definition) is 2. The van der Waals surface area contributed by atoms with Gasteiger partial charge in [0.1, 0.15) is 0 Å². The van der Waals surface area contributed by atoms with Crippen molar-refractivity contribution >= 4 is 17.5 Å². The summed E-state index contributed by atoms with van der Waals surface area (Å²) in [4.78, 5) is 12.0. The van der Waals surface area contributed by atoms with E-state index in [1.807, 2.05) is 0 Å². The molecule has 2 atom stereocenters. The van der Waals surface area contributed by atoms with Gasteiger partial charge in [-0.1, -0.05) is 11.6 Å². The van der Waals surface area contributed by atoms with Gasteiger partial charge < -0.3 is 15.4 Å². The fourth-order valence-corrected chi connectivity index (χ4v) is 2.23. The zero-order chi connectivity index (χ0) is 14.0. The second-order valence-electron chi connectivity index (χ2n) is 4.26.